The second kappa shape index (κ2) is 8.28. The number of hydrogen-bond acceptors (Lipinski definition) is 2. The van der Waals surface area contributed by atoms with E-state index < -0.39 is 0 Å². The number of likely N-dealkylation sites (N-methyl/N-ethyl adjacent to an activating group) is 1. The summed E-state index contributed by atoms with van der Waals surface area (Å²) >= 11 is 13.6. The van der Waals surface area contributed by atoms with Gasteiger partial charge in [-0.1, -0.05) is 29.3 Å². The van der Waals surface area contributed by atoms with Crippen LogP contribution in [0.4, 0.5) is 0 Å². The average Bonchev–Trinajstić information content (AvgIpc) is 2.47. The Morgan fingerprint density at radius 3 is 2.67 bits per heavy atom. The van der Waals surface area contributed by atoms with E-state index >= 15 is 0 Å². The number of amides is 1. The van der Waals surface area contributed by atoms with Crippen LogP contribution >= 0.6 is 35.0 Å². The van der Waals surface area contributed by atoms with Gasteiger partial charge in [0, 0.05) is 17.9 Å². The van der Waals surface area contributed by atoms with E-state index in [-0.39, 0.29) is 5.91 Å². The molecule has 1 amide bonds. The summed E-state index contributed by atoms with van der Waals surface area (Å²) in [5.41, 5.74) is 1.14. The van der Waals surface area contributed by atoms with Crippen LogP contribution < -0.4 is 4.90 Å². The lowest BCUT2D eigenvalue weighted by Gasteiger charge is -2.30. The van der Waals surface area contributed by atoms with E-state index in [9.17, 15) is 4.79 Å². The van der Waals surface area contributed by atoms with Crippen LogP contribution in [0.1, 0.15) is 12.0 Å². The predicted molar refractivity (Wildman–Crippen MR) is 90.4 cm³/mol. The Hall–Kier alpha value is -0.420. The molecular formula is C15H21Cl2N2OS+. The van der Waals surface area contributed by atoms with E-state index in [4.69, 9.17) is 23.2 Å². The smallest absolute Gasteiger partial charge is 0.223 e. The molecule has 0 unspecified atom stereocenters. The van der Waals surface area contributed by atoms with Gasteiger partial charge in [-0.2, -0.15) is 11.8 Å². The van der Waals surface area contributed by atoms with Gasteiger partial charge in [0.15, 0.2) is 0 Å². The zero-order chi connectivity index (χ0) is 15.2. The van der Waals surface area contributed by atoms with E-state index in [1.807, 2.05) is 23.1 Å². The molecule has 6 heteroatoms. The number of nitrogens with one attached hydrogen (secondary N) is 1. The topological polar surface area (TPSA) is 24.8 Å². The standard InChI is InChI=1S/C15H20Cl2N2OS/c1-18-5-7-19(8-6-18)15(20)4-9-21-11-12-2-3-13(16)14(17)10-12/h2-3,10H,4-9,11H2,1H3/p+1. The summed E-state index contributed by atoms with van der Waals surface area (Å²) < 4.78 is 0. The number of hydrogen-bond donors (Lipinski definition) is 1. The number of benzene rings is 1. The summed E-state index contributed by atoms with van der Waals surface area (Å²) in [5, 5.41) is 1.17. The fourth-order valence-corrected chi connectivity index (χ4v) is 3.47. The summed E-state index contributed by atoms with van der Waals surface area (Å²) in [6.45, 7) is 3.90. The van der Waals surface area contributed by atoms with Crippen molar-refractivity contribution in [1.82, 2.24) is 4.90 Å². The number of nitrogens with zero attached hydrogens (tertiary/aromatic N) is 1. The highest BCUT2D eigenvalue weighted by Gasteiger charge is 2.20. The third-order valence-corrected chi connectivity index (χ3v) is 5.45. The molecule has 116 valence electrons. The van der Waals surface area contributed by atoms with E-state index in [0.717, 1.165) is 43.2 Å². The first kappa shape index (κ1) is 16.9. The molecule has 1 aromatic carbocycles. The minimum Gasteiger partial charge on any atom is -0.334 e. The number of piperazine rings is 1. The van der Waals surface area contributed by atoms with Gasteiger partial charge < -0.3 is 9.80 Å². The molecule has 0 saturated carbocycles. The highest BCUT2D eigenvalue weighted by Crippen LogP contribution is 2.24. The van der Waals surface area contributed by atoms with Crippen molar-refractivity contribution in [3.05, 3.63) is 33.8 Å². The van der Waals surface area contributed by atoms with Gasteiger partial charge in [0.1, 0.15) is 0 Å². The van der Waals surface area contributed by atoms with Crippen molar-refractivity contribution in [2.24, 2.45) is 0 Å². The molecule has 0 atom stereocenters. The quantitative estimate of drug-likeness (QED) is 0.823. The van der Waals surface area contributed by atoms with E-state index in [1.165, 1.54) is 4.90 Å². The number of thioether (sulfide) groups is 1. The molecule has 21 heavy (non-hydrogen) atoms. The predicted octanol–water partition coefficient (Wildman–Crippen LogP) is 1.97. The Morgan fingerprint density at radius 2 is 2.00 bits per heavy atom. The Morgan fingerprint density at radius 1 is 1.29 bits per heavy atom. The van der Waals surface area contributed by atoms with Crippen molar-refractivity contribution in [2.75, 3.05) is 39.0 Å². The lowest BCUT2D eigenvalue weighted by Crippen LogP contribution is -3.12. The second-order valence-corrected chi connectivity index (χ2v) is 7.31. The van der Waals surface area contributed by atoms with Crippen molar-refractivity contribution < 1.29 is 9.69 Å². The highest BCUT2D eigenvalue weighted by molar-refractivity contribution is 7.98. The van der Waals surface area contributed by atoms with Crippen molar-refractivity contribution in [2.45, 2.75) is 12.2 Å². The molecule has 0 radical (unpaired) electrons. The fraction of sp³-hybridized carbons (Fsp3) is 0.533. The molecule has 1 N–H and O–H groups in total. The number of quaternary nitrogens is 1. The maximum absolute atomic E-state index is 12.1. The monoisotopic (exact) mass is 347 g/mol. The van der Waals surface area contributed by atoms with Gasteiger partial charge in [-0.05, 0) is 17.7 Å². The van der Waals surface area contributed by atoms with Crippen LogP contribution in [-0.2, 0) is 10.5 Å². The van der Waals surface area contributed by atoms with Gasteiger partial charge in [-0.15, -0.1) is 0 Å². The molecule has 1 aromatic rings. The first-order valence-corrected chi connectivity index (χ1v) is 9.08. The molecule has 1 fully saturated rings. The molecule has 0 bridgehead atoms. The minimum absolute atomic E-state index is 0.282. The number of halogens is 2. The van der Waals surface area contributed by atoms with Crippen LogP contribution in [0.3, 0.4) is 0 Å². The van der Waals surface area contributed by atoms with Crippen molar-refractivity contribution >= 4 is 40.9 Å². The Kier molecular flexibility index (Phi) is 6.68. The highest BCUT2D eigenvalue weighted by atomic mass is 35.5. The third kappa shape index (κ3) is 5.37. The lowest BCUT2D eigenvalue weighted by molar-refractivity contribution is -0.883. The number of carbonyl (C=O) groups excluding carboxylic acids is 1. The Labute approximate surface area is 140 Å². The molecule has 3 nitrogen and oxygen atoms in total. The van der Waals surface area contributed by atoms with Crippen LogP contribution in [0.2, 0.25) is 10.0 Å². The number of carbonyl (C=O) groups is 1. The van der Waals surface area contributed by atoms with E-state index in [1.54, 1.807) is 11.8 Å². The van der Waals surface area contributed by atoms with Gasteiger partial charge in [0.25, 0.3) is 0 Å². The normalized spacial score (nSPS) is 16.2. The zero-order valence-electron chi connectivity index (χ0n) is 12.2. The molecule has 1 aliphatic heterocycles. The summed E-state index contributed by atoms with van der Waals surface area (Å²) in [7, 11) is 2.18. The van der Waals surface area contributed by atoms with Crippen LogP contribution in [0.5, 0.6) is 0 Å². The zero-order valence-corrected chi connectivity index (χ0v) is 14.5. The molecule has 1 saturated heterocycles. The van der Waals surface area contributed by atoms with E-state index in [0.29, 0.717) is 16.5 Å². The maximum atomic E-state index is 12.1. The summed E-state index contributed by atoms with van der Waals surface area (Å²) in [4.78, 5) is 15.6. The van der Waals surface area contributed by atoms with Gasteiger partial charge in [0.05, 0.1) is 43.3 Å². The molecule has 0 spiro atoms. The summed E-state index contributed by atoms with van der Waals surface area (Å²) in [5.74, 6) is 1.99. The largest absolute Gasteiger partial charge is 0.334 e. The van der Waals surface area contributed by atoms with Gasteiger partial charge in [-0.25, -0.2) is 0 Å². The lowest BCUT2D eigenvalue weighted by atomic mass is 10.2. The molecule has 0 aliphatic carbocycles. The molecular weight excluding hydrogens is 327 g/mol. The minimum atomic E-state index is 0.282. The van der Waals surface area contributed by atoms with Crippen LogP contribution in [-0.4, -0.2) is 49.8 Å². The van der Waals surface area contributed by atoms with Gasteiger partial charge in [-0.3, -0.25) is 4.79 Å². The maximum Gasteiger partial charge on any atom is 0.223 e. The fourth-order valence-electron chi connectivity index (χ4n) is 2.27. The first-order chi connectivity index (χ1) is 10.1. The third-order valence-electron chi connectivity index (χ3n) is 3.68. The average molecular weight is 348 g/mol. The molecule has 0 aromatic heterocycles. The van der Waals surface area contributed by atoms with E-state index in [2.05, 4.69) is 7.05 Å². The Bertz CT molecular complexity index is 491. The van der Waals surface area contributed by atoms with Gasteiger partial charge >= 0.3 is 0 Å². The van der Waals surface area contributed by atoms with Crippen LogP contribution in [0.15, 0.2) is 18.2 Å². The number of rotatable bonds is 5. The van der Waals surface area contributed by atoms with Crippen molar-refractivity contribution in [3.8, 4) is 0 Å². The van der Waals surface area contributed by atoms with Crippen molar-refractivity contribution in [1.29, 1.82) is 0 Å². The van der Waals surface area contributed by atoms with Crippen LogP contribution in [0, 0.1) is 0 Å². The summed E-state index contributed by atoms with van der Waals surface area (Å²) in [6, 6.07) is 5.69. The molecule has 2 rings (SSSR count). The van der Waals surface area contributed by atoms with Gasteiger partial charge in [0.2, 0.25) is 5.91 Å². The molecule has 1 aliphatic rings. The summed E-state index contributed by atoms with van der Waals surface area (Å²) in [6.07, 6.45) is 0.616. The second-order valence-electron chi connectivity index (χ2n) is 5.39. The first-order valence-electron chi connectivity index (χ1n) is 7.17. The SMILES string of the molecule is C[NH+]1CCN(C(=O)CCSCc2ccc(Cl)c(Cl)c2)CC1. The van der Waals surface area contributed by atoms with Crippen molar-refractivity contribution in [3.63, 3.8) is 0 Å². The van der Waals surface area contributed by atoms with Crippen LogP contribution in [0.25, 0.3) is 0 Å². The Balaban J connectivity index is 1.67. The molecule has 1 heterocycles.